The average Bonchev–Trinajstić information content (AvgIpc) is 2.71. The standard InChI is InChI=1S/C9H12F2N2O3/c1-15-9(14)6-4-12-8(13-6)2-3-16-5-7(10)11/h4,7H,2-3,5H2,1H3,(H,12,13). The van der Waals surface area contributed by atoms with E-state index in [4.69, 9.17) is 0 Å². The van der Waals surface area contributed by atoms with E-state index in [-0.39, 0.29) is 12.3 Å². The summed E-state index contributed by atoms with van der Waals surface area (Å²) in [7, 11) is 1.26. The van der Waals surface area contributed by atoms with Gasteiger partial charge < -0.3 is 14.5 Å². The molecule has 0 amide bonds. The fourth-order valence-electron chi connectivity index (χ4n) is 1.04. The van der Waals surface area contributed by atoms with E-state index in [1.54, 1.807) is 0 Å². The summed E-state index contributed by atoms with van der Waals surface area (Å²) < 4.78 is 32.5. The van der Waals surface area contributed by atoms with E-state index in [0.717, 1.165) is 0 Å². The molecule has 1 rings (SSSR count). The van der Waals surface area contributed by atoms with Crippen molar-refractivity contribution >= 4 is 5.97 Å². The molecule has 0 aliphatic heterocycles. The number of aromatic amines is 1. The quantitative estimate of drug-likeness (QED) is 0.589. The summed E-state index contributed by atoms with van der Waals surface area (Å²) in [5, 5.41) is 0. The van der Waals surface area contributed by atoms with Gasteiger partial charge in [0.15, 0.2) is 0 Å². The number of methoxy groups -OCH3 is 1. The Balaban J connectivity index is 2.32. The molecule has 0 saturated carbocycles. The van der Waals surface area contributed by atoms with E-state index in [9.17, 15) is 13.6 Å². The van der Waals surface area contributed by atoms with Gasteiger partial charge in [0.1, 0.15) is 18.1 Å². The monoisotopic (exact) mass is 234 g/mol. The number of esters is 1. The van der Waals surface area contributed by atoms with Gasteiger partial charge in [-0.2, -0.15) is 0 Å². The Kier molecular flexibility index (Phi) is 4.84. The van der Waals surface area contributed by atoms with Gasteiger partial charge >= 0.3 is 5.97 Å². The Morgan fingerprint density at radius 3 is 3.00 bits per heavy atom. The molecule has 1 aromatic heterocycles. The lowest BCUT2D eigenvalue weighted by Gasteiger charge is -2.01. The molecule has 90 valence electrons. The lowest BCUT2D eigenvalue weighted by Crippen LogP contribution is -2.08. The lowest BCUT2D eigenvalue weighted by atomic mass is 10.4. The molecule has 0 aliphatic carbocycles. The largest absolute Gasteiger partial charge is 0.464 e. The fraction of sp³-hybridized carbons (Fsp3) is 0.556. The molecule has 0 saturated heterocycles. The molecule has 5 nitrogen and oxygen atoms in total. The zero-order valence-corrected chi connectivity index (χ0v) is 8.70. The first kappa shape index (κ1) is 12.6. The van der Waals surface area contributed by atoms with Crippen molar-refractivity contribution in [1.29, 1.82) is 0 Å². The van der Waals surface area contributed by atoms with Crippen LogP contribution in [0.5, 0.6) is 0 Å². The third kappa shape index (κ3) is 3.93. The van der Waals surface area contributed by atoms with Crippen molar-refractivity contribution in [2.24, 2.45) is 0 Å². The normalized spacial score (nSPS) is 10.8. The summed E-state index contributed by atoms with van der Waals surface area (Å²) in [6.07, 6.45) is -0.805. The number of aromatic nitrogens is 2. The molecule has 0 bridgehead atoms. The Bertz CT molecular complexity index is 341. The molecule has 1 N–H and O–H groups in total. The molecule has 0 atom stereocenters. The Morgan fingerprint density at radius 1 is 1.62 bits per heavy atom. The van der Waals surface area contributed by atoms with E-state index in [1.807, 2.05) is 0 Å². The highest BCUT2D eigenvalue weighted by Crippen LogP contribution is 2.00. The smallest absolute Gasteiger partial charge is 0.356 e. The summed E-state index contributed by atoms with van der Waals surface area (Å²) >= 11 is 0. The number of nitrogens with zero attached hydrogens (tertiary/aromatic N) is 1. The summed E-state index contributed by atoms with van der Waals surface area (Å²) in [5.74, 6) is -0.0260. The first-order chi connectivity index (χ1) is 7.63. The lowest BCUT2D eigenvalue weighted by molar-refractivity contribution is 0.0183. The summed E-state index contributed by atoms with van der Waals surface area (Å²) in [6, 6.07) is 0. The van der Waals surface area contributed by atoms with Gasteiger partial charge in [-0.3, -0.25) is 0 Å². The second-order valence-corrected chi connectivity index (χ2v) is 2.95. The molecule has 1 heterocycles. The van der Waals surface area contributed by atoms with E-state index in [2.05, 4.69) is 19.4 Å². The van der Waals surface area contributed by atoms with Crippen LogP contribution in [0.15, 0.2) is 6.20 Å². The molecule has 0 aromatic carbocycles. The van der Waals surface area contributed by atoms with E-state index >= 15 is 0 Å². The first-order valence-corrected chi connectivity index (χ1v) is 4.61. The molecular weight excluding hydrogens is 222 g/mol. The van der Waals surface area contributed by atoms with Gasteiger partial charge in [-0.05, 0) is 0 Å². The van der Waals surface area contributed by atoms with Gasteiger partial charge in [-0.25, -0.2) is 18.6 Å². The van der Waals surface area contributed by atoms with Gasteiger partial charge in [0.2, 0.25) is 0 Å². The van der Waals surface area contributed by atoms with Crippen LogP contribution < -0.4 is 0 Å². The highest BCUT2D eigenvalue weighted by atomic mass is 19.3. The SMILES string of the molecule is COC(=O)c1cnc(CCOCC(F)F)[nH]1. The molecule has 0 aliphatic rings. The number of hydrogen-bond donors (Lipinski definition) is 1. The number of nitrogens with one attached hydrogen (secondary N) is 1. The molecular formula is C9H12F2N2O3. The van der Waals surface area contributed by atoms with Crippen LogP contribution in [0.2, 0.25) is 0 Å². The fourth-order valence-corrected chi connectivity index (χ4v) is 1.04. The average molecular weight is 234 g/mol. The van der Waals surface area contributed by atoms with Crippen LogP contribution in [-0.2, 0) is 15.9 Å². The summed E-state index contributed by atoms with van der Waals surface area (Å²) in [4.78, 5) is 17.6. The van der Waals surface area contributed by atoms with Crippen LogP contribution in [0.4, 0.5) is 8.78 Å². The van der Waals surface area contributed by atoms with Gasteiger partial charge in [0, 0.05) is 6.42 Å². The van der Waals surface area contributed by atoms with Gasteiger partial charge in [-0.1, -0.05) is 0 Å². The molecule has 16 heavy (non-hydrogen) atoms. The Morgan fingerprint density at radius 2 is 2.38 bits per heavy atom. The minimum absolute atomic E-state index is 0.123. The number of carbonyl (C=O) groups excluding carboxylic acids is 1. The summed E-state index contributed by atoms with van der Waals surface area (Å²) in [6.45, 7) is -0.469. The number of hydrogen-bond acceptors (Lipinski definition) is 4. The molecule has 1 aromatic rings. The maximum atomic E-state index is 11.7. The minimum Gasteiger partial charge on any atom is -0.464 e. The predicted molar refractivity (Wildman–Crippen MR) is 50.5 cm³/mol. The molecule has 0 unspecified atom stereocenters. The molecule has 0 radical (unpaired) electrons. The number of carbonyl (C=O) groups is 1. The topological polar surface area (TPSA) is 64.2 Å². The molecule has 7 heteroatoms. The Labute approximate surface area is 90.8 Å². The zero-order chi connectivity index (χ0) is 12.0. The third-order valence-corrected chi connectivity index (χ3v) is 1.76. The number of H-pyrrole nitrogens is 1. The number of halogens is 2. The predicted octanol–water partition coefficient (Wildman–Crippen LogP) is 1.02. The van der Waals surface area contributed by atoms with Crippen LogP contribution >= 0.6 is 0 Å². The van der Waals surface area contributed by atoms with Gasteiger partial charge in [0.25, 0.3) is 6.43 Å². The zero-order valence-electron chi connectivity index (χ0n) is 8.70. The maximum Gasteiger partial charge on any atom is 0.356 e. The van der Waals surface area contributed by atoms with E-state index in [0.29, 0.717) is 12.2 Å². The van der Waals surface area contributed by atoms with Crippen molar-refractivity contribution in [1.82, 2.24) is 9.97 Å². The van der Waals surface area contributed by atoms with Crippen molar-refractivity contribution < 1.29 is 23.0 Å². The third-order valence-electron chi connectivity index (χ3n) is 1.76. The van der Waals surface area contributed by atoms with Crippen molar-refractivity contribution in [3.05, 3.63) is 17.7 Å². The highest BCUT2D eigenvalue weighted by molar-refractivity contribution is 5.86. The van der Waals surface area contributed by atoms with Crippen molar-refractivity contribution in [2.45, 2.75) is 12.8 Å². The van der Waals surface area contributed by atoms with Crippen LogP contribution in [-0.4, -0.2) is 42.7 Å². The first-order valence-electron chi connectivity index (χ1n) is 4.61. The maximum absolute atomic E-state index is 11.7. The van der Waals surface area contributed by atoms with E-state index < -0.39 is 19.0 Å². The van der Waals surface area contributed by atoms with Crippen molar-refractivity contribution in [3.8, 4) is 0 Å². The Hall–Kier alpha value is -1.50. The number of imidazole rings is 1. The second-order valence-electron chi connectivity index (χ2n) is 2.95. The van der Waals surface area contributed by atoms with E-state index in [1.165, 1.54) is 13.3 Å². The van der Waals surface area contributed by atoms with Crippen molar-refractivity contribution in [3.63, 3.8) is 0 Å². The van der Waals surface area contributed by atoms with Crippen LogP contribution in [0.25, 0.3) is 0 Å². The number of rotatable bonds is 6. The highest BCUT2D eigenvalue weighted by Gasteiger charge is 2.09. The summed E-state index contributed by atoms with van der Waals surface area (Å²) in [5.41, 5.74) is 0.228. The van der Waals surface area contributed by atoms with Gasteiger partial charge in [-0.15, -0.1) is 0 Å². The molecule has 0 fully saturated rings. The number of alkyl halides is 2. The van der Waals surface area contributed by atoms with Crippen LogP contribution in [0.3, 0.4) is 0 Å². The number of ether oxygens (including phenoxy) is 2. The minimum atomic E-state index is -2.47. The van der Waals surface area contributed by atoms with Gasteiger partial charge in [0.05, 0.1) is 19.9 Å². The molecule has 0 spiro atoms. The van der Waals surface area contributed by atoms with Crippen molar-refractivity contribution in [2.75, 3.05) is 20.3 Å². The second kappa shape index (κ2) is 6.16. The van der Waals surface area contributed by atoms with Crippen LogP contribution in [0.1, 0.15) is 16.3 Å². The van der Waals surface area contributed by atoms with Crippen LogP contribution in [0, 0.1) is 0 Å².